The van der Waals surface area contributed by atoms with E-state index >= 15 is 0 Å². The van der Waals surface area contributed by atoms with Gasteiger partial charge in [-0.15, -0.1) is 0 Å². The molecule has 0 bridgehead atoms. The fourth-order valence-corrected chi connectivity index (χ4v) is 11.7. The van der Waals surface area contributed by atoms with Crippen LogP contribution in [0.1, 0.15) is 140 Å². The summed E-state index contributed by atoms with van der Waals surface area (Å²) in [6.07, 6.45) is 18.3. The Kier molecular flexibility index (Phi) is 24.1. The van der Waals surface area contributed by atoms with Crippen LogP contribution in [0.15, 0.2) is 111 Å². The number of halogens is 4. The lowest BCUT2D eigenvalue weighted by Gasteiger charge is -2.40. The van der Waals surface area contributed by atoms with Crippen molar-refractivity contribution in [1.82, 2.24) is 63.3 Å². The van der Waals surface area contributed by atoms with Crippen molar-refractivity contribution < 1.29 is 35.2 Å². The molecule has 2 saturated heterocycles. The highest BCUT2D eigenvalue weighted by molar-refractivity contribution is 9.15. The fraction of sp³-hybridized carbons (Fsp3) is 0.406. The largest absolute Gasteiger partial charge is 0.444 e. The van der Waals surface area contributed by atoms with Crippen molar-refractivity contribution >= 4 is 79.1 Å². The van der Waals surface area contributed by atoms with Crippen LogP contribution in [0, 0.1) is 0 Å². The lowest BCUT2D eigenvalue weighted by atomic mass is 9.81. The molecule has 2 amide bonds. The van der Waals surface area contributed by atoms with Gasteiger partial charge in [0, 0.05) is 115 Å². The van der Waals surface area contributed by atoms with Gasteiger partial charge in [-0.25, -0.2) is 24.8 Å². The molecule has 7 aromatic rings. The topological polar surface area (TPSA) is 185 Å². The van der Waals surface area contributed by atoms with Crippen molar-refractivity contribution in [3.8, 4) is 0 Å². The predicted octanol–water partition coefficient (Wildman–Crippen LogP) is 11.6. The lowest BCUT2D eigenvalue weighted by Crippen LogP contribution is -2.51. The number of hydrogen-bond acceptors (Lipinski definition) is 14. The van der Waals surface area contributed by atoms with Crippen LogP contribution in [-0.2, 0) is 36.3 Å². The van der Waals surface area contributed by atoms with Gasteiger partial charge in [0.1, 0.15) is 22.6 Å². The van der Waals surface area contributed by atoms with E-state index in [0.29, 0.717) is 61.1 Å². The molecule has 87 heavy (non-hydrogen) atoms. The zero-order valence-corrected chi connectivity index (χ0v) is 53.7. The third kappa shape index (κ3) is 16.0. The molecule has 19 nitrogen and oxygen atoms in total. The van der Waals surface area contributed by atoms with E-state index in [1.165, 1.54) is 24.4 Å². The van der Waals surface area contributed by atoms with Crippen LogP contribution in [0.25, 0.3) is 22.2 Å². The first-order valence-corrected chi connectivity index (χ1v) is 29.8. The Bertz CT molecular complexity index is 3560. The average Bonchev–Trinajstić information content (AvgIpc) is 2.12. The third-order valence-corrected chi connectivity index (χ3v) is 16.6. The Morgan fingerprint density at radius 1 is 0.713 bits per heavy atom. The molecule has 2 fully saturated rings. The summed E-state index contributed by atoms with van der Waals surface area (Å²) in [5.41, 5.74) is 9.26. The van der Waals surface area contributed by atoms with E-state index in [2.05, 4.69) is 70.8 Å². The molecule has 3 atom stereocenters. The van der Waals surface area contributed by atoms with Crippen LogP contribution >= 0.6 is 39.1 Å². The van der Waals surface area contributed by atoms with Crippen LogP contribution in [0.4, 0.5) is 9.50 Å². The number of ether oxygens (including phenoxy) is 1. The van der Waals surface area contributed by atoms with Gasteiger partial charge in [-0.3, -0.25) is 38.9 Å². The molecule has 0 spiro atoms. The number of Topliss-reactive ketones (excluding diaryl/α,β-unsaturated/α-hetero) is 1. The zero-order valence-electron chi connectivity index (χ0n) is 50.6. The normalized spacial score (nSPS) is 17.2. The number of hydroxylamine groups is 2. The molecule has 23 heteroatoms. The highest BCUT2D eigenvalue weighted by Gasteiger charge is 2.41. The number of piperazine rings is 2. The number of fused-ring (bicyclic) bond motifs is 4. The summed E-state index contributed by atoms with van der Waals surface area (Å²) in [5, 5.41) is 14.8. The number of benzene rings is 2. The summed E-state index contributed by atoms with van der Waals surface area (Å²) in [5.74, 6) is -0.0718. The predicted molar refractivity (Wildman–Crippen MR) is 347 cm³/mol. The van der Waals surface area contributed by atoms with Gasteiger partial charge in [0.2, 0.25) is 0 Å². The minimum absolute atomic E-state index is 0. The van der Waals surface area contributed by atoms with Gasteiger partial charge in [0.05, 0.1) is 73.8 Å². The SMILES string of the molecule is C.CCC(=O)c1cncn1C.CCC(O)(C1=Cc2cccnc2[C@@H](N2CCN(C(=O)OC(C)(C)C)CC2)c2ccc(Cl)cc21)c1cncn1C.CN1CCN([C@H]2c3ccc(Cl)cc3C(Br)=Cc3cccnc32)CC1.CON(C)C(=O)c1cncn1C.F.[3HH]. The van der Waals surface area contributed by atoms with Crippen molar-refractivity contribution in [3.05, 3.63) is 183 Å². The maximum atomic E-state index is 12.7. The van der Waals surface area contributed by atoms with Crippen LogP contribution in [0.2, 0.25) is 10.0 Å². The van der Waals surface area contributed by atoms with E-state index in [4.69, 9.17) is 42.7 Å². The molecule has 2 aliphatic carbocycles. The van der Waals surface area contributed by atoms with Gasteiger partial charge in [-0.1, -0.05) is 84.7 Å². The second kappa shape index (κ2) is 30.3. The van der Waals surface area contributed by atoms with Gasteiger partial charge in [-0.2, -0.15) is 0 Å². The quantitative estimate of drug-likeness (QED) is 0.106. The van der Waals surface area contributed by atoms with Gasteiger partial charge < -0.3 is 33.3 Å². The number of likely N-dealkylation sites (N-methyl/N-ethyl adjacent to an activating group) is 1. The van der Waals surface area contributed by atoms with Gasteiger partial charge >= 0.3 is 6.09 Å². The Morgan fingerprint density at radius 2 is 1.21 bits per heavy atom. The number of aromatic nitrogens is 8. The number of carbonyl (C=O) groups excluding carboxylic acids is 3. The van der Waals surface area contributed by atoms with E-state index in [-0.39, 0.29) is 43.4 Å². The number of ketones is 1. The lowest BCUT2D eigenvalue weighted by molar-refractivity contribution is -0.0762. The molecule has 0 radical (unpaired) electrons. The van der Waals surface area contributed by atoms with Crippen LogP contribution in [0.3, 0.4) is 0 Å². The fourth-order valence-electron chi connectivity index (χ4n) is 10.8. The molecule has 468 valence electrons. The number of carbonyl (C=O) groups is 3. The van der Waals surface area contributed by atoms with Gasteiger partial charge in [0.25, 0.3) is 5.91 Å². The maximum Gasteiger partial charge on any atom is 0.410 e. The van der Waals surface area contributed by atoms with Crippen molar-refractivity contribution in [1.29, 1.82) is 0 Å². The van der Waals surface area contributed by atoms with Crippen molar-refractivity contribution in [3.63, 3.8) is 0 Å². The van der Waals surface area contributed by atoms with E-state index in [1.54, 1.807) is 59.5 Å². The Morgan fingerprint density at radius 3 is 1.69 bits per heavy atom. The second-order valence-electron chi connectivity index (χ2n) is 22.3. The first-order chi connectivity index (χ1) is 40.6. The maximum absolute atomic E-state index is 12.7. The molecule has 0 saturated carbocycles. The molecule has 11 rings (SSSR count). The smallest absolute Gasteiger partial charge is 0.410 e. The minimum Gasteiger partial charge on any atom is -0.444 e. The highest BCUT2D eigenvalue weighted by Crippen LogP contribution is 2.48. The number of hydrogen-bond donors (Lipinski definition) is 1. The molecule has 7 heterocycles. The van der Waals surface area contributed by atoms with E-state index in [0.717, 1.165) is 80.0 Å². The van der Waals surface area contributed by atoms with Crippen LogP contribution < -0.4 is 0 Å². The van der Waals surface area contributed by atoms with E-state index < -0.39 is 11.2 Å². The Labute approximate surface area is 530 Å². The molecular formula is C64H83BrCl2FN13O6. The molecule has 1 N–H and O–H groups in total. The molecule has 2 aromatic carbocycles. The first-order valence-electron chi connectivity index (χ1n) is 28.3. The zero-order chi connectivity index (χ0) is 61.3. The van der Waals surface area contributed by atoms with Crippen LogP contribution in [-0.4, -0.2) is 165 Å². The summed E-state index contributed by atoms with van der Waals surface area (Å²) < 4.78 is 11.9. The van der Waals surface area contributed by atoms with Crippen molar-refractivity contribution in [2.45, 2.75) is 78.2 Å². The number of imidazole rings is 3. The third-order valence-electron chi connectivity index (χ3n) is 15.5. The summed E-state index contributed by atoms with van der Waals surface area (Å²) in [7, 11) is 10.6. The summed E-state index contributed by atoms with van der Waals surface area (Å²) in [6, 6.07) is 20.1. The van der Waals surface area contributed by atoms with Crippen molar-refractivity contribution in [2.24, 2.45) is 21.1 Å². The number of aryl methyl sites for hydroxylation is 3. The number of pyridine rings is 2. The average molecular weight is 1300 g/mol. The number of rotatable bonds is 9. The number of amides is 2. The molecule has 2 aliphatic heterocycles. The molecular weight excluding hydrogens is 1220 g/mol. The monoisotopic (exact) mass is 1300 g/mol. The standard InChI is InChI=1S/C30H36ClN5O3.C19H19BrClN3.C7H11N3O2.C7H10N2O.CH4.FH.H2/c1-6-30(38,25-18-32-19-34(25)5)24-16-20-8-7-11-33-26(20)27(22-10-9-21(31)17-23(22)24)35-12-14-36(15-13-35)28(37)39-29(2,3)4;1-23-7-9-24(10-8-23)19-15-5-4-14(21)12-16(15)17(20)11-13-3-2-6-22-18(13)19;1-9-5-8-4-6(9)7(11)10(2)12-3;1-3-7(10)6-4-8-5-9(6)2;;;/h7-11,16-19,27,38H,6,12-15H2,1-5H3;2-6,11-12,19H,7-10H2,1H3;4-5H,1-3H3;4-5H,3H2,1-2H3;1H4;2*1H/t27-,30?;19-;;;;;/m00...../s1/i;;;;;;1+2. The minimum atomic E-state index is -1.30. The number of nitrogens with zero attached hydrogens (tertiary/aromatic N) is 13. The highest BCUT2D eigenvalue weighted by atomic mass is 79.9. The summed E-state index contributed by atoms with van der Waals surface area (Å²) in [6.45, 7) is 16.1. The Balaban J connectivity index is 0.000000243. The second-order valence-corrected chi connectivity index (χ2v) is 24.0. The summed E-state index contributed by atoms with van der Waals surface area (Å²) in [4.78, 5) is 70.5. The van der Waals surface area contributed by atoms with Crippen LogP contribution in [0.5, 0.6) is 0 Å². The van der Waals surface area contributed by atoms with Gasteiger partial charge in [0.15, 0.2) is 5.78 Å². The molecule has 1 unspecified atom stereocenters. The Hall–Kier alpha value is -6.95. The molecule has 5 aromatic heterocycles. The molecule has 4 aliphatic rings. The van der Waals surface area contributed by atoms with Gasteiger partial charge in [-0.05, 0) is 122 Å². The van der Waals surface area contributed by atoms with E-state index in [9.17, 15) is 19.5 Å². The number of aliphatic hydroxyl groups is 1. The van der Waals surface area contributed by atoms with Crippen molar-refractivity contribution in [2.75, 3.05) is 73.6 Å². The van der Waals surface area contributed by atoms with E-state index in [1.807, 2.05) is 120 Å². The summed E-state index contributed by atoms with van der Waals surface area (Å²) >= 11 is 16.6. The first kappa shape index (κ1) is 69.2.